The Morgan fingerprint density at radius 2 is 1.69 bits per heavy atom. The second-order valence-electron chi connectivity index (χ2n) is 2.03. The van der Waals surface area contributed by atoms with Gasteiger partial charge in [0.25, 0.3) is 0 Å². The maximum absolute atomic E-state index is 4.13. The van der Waals surface area contributed by atoms with Crippen molar-refractivity contribution in [2.24, 2.45) is 0 Å². The molecule has 1 nitrogen and oxygen atoms in total. The lowest BCUT2D eigenvalue weighted by Gasteiger charge is -1.93. The van der Waals surface area contributed by atoms with E-state index in [1.807, 2.05) is 25.4 Å². The molecule has 1 rings (SSSR count). The van der Waals surface area contributed by atoms with Gasteiger partial charge in [-0.2, -0.15) is 13.5 Å². The van der Waals surface area contributed by atoms with Crippen LogP contribution in [0.3, 0.4) is 0 Å². The fourth-order valence-corrected chi connectivity index (χ4v) is 1.17. The zero-order chi connectivity index (χ0) is 7.98. The van der Waals surface area contributed by atoms with Crippen LogP contribution in [0.15, 0.2) is 11.6 Å². The van der Waals surface area contributed by atoms with Gasteiger partial charge >= 0.3 is 0 Å². The van der Waals surface area contributed by atoms with Crippen LogP contribution in [0.5, 0.6) is 0 Å². The van der Waals surface area contributed by atoms with Crippen molar-refractivity contribution in [3.8, 4) is 0 Å². The van der Waals surface area contributed by atoms with Gasteiger partial charge in [-0.1, -0.05) is 42.5 Å². The summed E-state index contributed by atoms with van der Waals surface area (Å²) in [5, 5.41) is 3.24. The van der Waals surface area contributed by atoms with Crippen LogP contribution in [0.4, 0.5) is 0 Å². The quantitative estimate of drug-likeness (QED) is 0.674. The fourth-order valence-electron chi connectivity index (χ4n) is 0.520. The molecular formula is C10H25NS2. The number of thiazole rings is 1. The van der Waals surface area contributed by atoms with Gasteiger partial charge in [0, 0.05) is 17.5 Å². The zero-order valence-electron chi connectivity index (χ0n) is 7.59. The molecule has 0 saturated heterocycles. The van der Waals surface area contributed by atoms with Crippen LogP contribution in [0.25, 0.3) is 0 Å². The Hall–Kier alpha value is -0.0200. The Bertz CT molecular complexity index is 148. The lowest BCUT2D eigenvalue weighted by molar-refractivity contribution is 0.852. The number of aromatic nitrogens is 1. The van der Waals surface area contributed by atoms with Crippen LogP contribution < -0.4 is 0 Å². The van der Waals surface area contributed by atoms with E-state index in [9.17, 15) is 0 Å². The van der Waals surface area contributed by atoms with Crippen LogP contribution in [-0.4, -0.2) is 4.98 Å². The van der Waals surface area contributed by atoms with E-state index in [0.29, 0.717) is 5.92 Å². The standard InChI is InChI=1S/C6H9NS.C2H6.2CH4.H2S/c1-5(2)6-7-3-4-8-6;1-2;;;/h3-5H,1-2H3;1-2H3;2*1H4;1H2. The molecule has 0 N–H and O–H groups in total. The number of nitrogens with zero attached hydrogens (tertiary/aromatic N) is 1. The highest BCUT2D eigenvalue weighted by Crippen LogP contribution is 2.15. The van der Waals surface area contributed by atoms with E-state index < -0.39 is 0 Å². The first kappa shape index (κ1) is 23.1. The molecule has 0 spiro atoms. The second-order valence-corrected chi connectivity index (χ2v) is 2.95. The van der Waals surface area contributed by atoms with Gasteiger partial charge in [-0.15, -0.1) is 11.3 Å². The number of rotatable bonds is 1. The molecule has 0 aliphatic heterocycles. The lowest BCUT2D eigenvalue weighted by Crippen LogP contribution is -1.81. The van der Waals surface area contributed by atoms with Crippen LogP contribution in [0.1, 0.15) is 53.5 Å². The summed E-state index contributed by atoms with van der Waals surface area (Å²) in [6.07, 6.45) is 1.85. The first-order chi connectivity index (χ1) is 4.80. The molecule has 0 atom stereocenters. The van der Waals surface area contributed by atoms with Crippen molar-refractivity contribution < 1.29 is 0 Å². The van der Waals surface area contributed by atoms with Gasteiger partial charge in [-0.3, -0.25) is 0 Å². The van der Waals surface area contributed by atoms with Crippen molar-refractivity contribution in [1.29, 1.82) is 0 Å². The molecule has 1 heterocycles. The van der Waals surface area contributed by atoms with E-state index in [2.05, 4.69) is 18.8 Å². The van der Waals surface area contributed by atoms with Crippen molar-refractivity contribution in [3.63, 3.8) is 0 Å². The molecule has 0 aliphatic carbocycles. The summed E-state index contributed by atoms with van der Waals surface area (Å²) in [4.78, 5) is 4.13. The molecule has 0 fully saturated rings. The predicted octanol–water partition coefficient (Wildman–Crippen LogP) is 4.68. The largest absolute Gasteiger partial charge is 0.249 e. The van der Waals surface area contributed by atoms with Crippen LogP contribution in [0, 0.1) is 0 Å². The zero-order valence-corrected chi connectivity index (χ0v) is 9.40. The Morgan fingerprint density at radius 3 is 1.85 bits per heavy atom. The minimum Gasteiger partial charge on any atom is -0.249 e. The lowest BCUT2D eigenvalue weighted by atomic mass is 10.2. The van der Waals surface area contributed by atoms with E-state index in [1.165, 1.54) is 5.01 Å². The smallest absolute Gasteiger partial charge is 0.0950 e. The van der Waals surface area contributed by atoms with Gasteiger partial charge in [-0.05, 0) is 0 Å². The molecule has 0 amide bonds. The van der Waals surface area contributed by atoms with Gasteiger partial charge in [0.1, 0.15) is 0 Å². The summed E-state index contributed by atoms with van der Waals surface area (Å²) in [6.45, 7) is 8.30. The van der Waals surface area contributed by atoms with Gasteiger partial charge < -0.3 is 0 Å². The summed E-state index contributed by atoms with van der Waals surface area (Å²) < 4.78 is 0. The third-order valence-electron chi connectivity index (χ3n) is 0.945. The van der Waals surface area contributed by atoms with E-state index >= 15 is 0 Å². The molecule has 0 radical (unpaired) electrons. The Balaban J connectivity index is -0.0000000761. The van der Waals surface area contributed by atoms with E-state index in [1.54, 1.807) is 11.3 Å². The molecular weight excluding hydrogens is 198 g/mol. The van der Waals surface area contributed by atoms with Crippen molar-refractivity contribution in [2.75, 3.05) is 0 Å². The van der Waals surface area contributed by atoms with E-state index in [4.69, 9.17) is 0 Å². The Morgan fingerprint density at radius 1 is 1.23 bits per heavy atom. The molecule has 0 saturated carbocycles. The van der Waals surface area contributed by atoms with Crippen LogP contribution in [-0.2, 0) is 0 Å². The highest BCUT2D eigenvalue weighted by Gasteiger charge is 1.97. The van der Waals surface area contributed by atoms with Gasteiger partial charge in [0.15, 0.2) is 0 Å². The molecule has 0 aromatic carbocycles. The minimum absolute atomic E-state index is 0. The average molecular weight is 223 g/mol. The first-order valence-corrected chi connectivity index (χ1v) is 4.58. The van der Waals surface area contributed by atoms with Gasteiger partial charge in [-0.25, -0.2) is 4.98 Å². The monoisotopic (exact) mass is 223 g/mol. The SMILES string of the molecule is C.C.CC.CC(C)c1nccs1.S. The number of hydrogen-bond acceptors (Lipinski definition) is 2. The maximum Gasteiger partial charge on any atom is 0.0950 e. The van der Waals surface area contributed by atoms with Gasteiger partial charge in [0.2, 0.25) is 0 Å². The summed E-state index contributed by atoms with van der Waals surface area (Å²) >= 11 is 1.72. The summed E-state index contributed by atoms with van der Waals surface area (Å²) in [5.41, 5.74) is 0. The highest BCUT2D eigenvalue weighted by molar-refractivity contribution is 7.59. The van der Waals surface area contributed by atoms with Crippen LogP contribution in [0.2, 0.25) is 0 Å². The summed E-state index contributed by atoms with van der Waals surface area (Å²) in [7, 11) is 0. The van der Waals surface area contributed by atoms with Crippen molar-refractivity contribution in [3.05, 3.63) is 16.6 Å². The third-order valence-corrected chi connectivity index (χ3v) is 2.02. The second kappa shape index (κ2) is 14.5. The average Bonchev–Trinajstić information content (AvgIpc) is 2.42. The molecule has 0 unspecified atom stereocenters. The van der Waals surface area contributed by atoms with E-state index in [0.717, 1.165) is 0 Å². The molecule has 3 heteroatoms. The molecule has 13 heavy (non-hydrogen) atoms. The third kappa shape index (κ3) is 9.90. The Labute approximate surface area is 95.1 Å². The van der Waals surface area contributed by atoms with Crippen molar-refractivity contribution >= 4 is 24.8 Å². The predicted molar refractivity (Wildman–Crippen MR) is 71.4 cm³/mol. The van der Waals surface area contributed by atoms with Crippen molar-refractivity contribution in [2.45, 2.75) is 48.5 Å². The minimum atomic E-state index is 0. The molecule has 0 bridgehead atoms. The van der Waals surface area contributed by atoms with Crippen molar-refractivity contribution in [1.82, 2.24) is 4.98 Å². The highest BCUT2D eigenvalue weighted by atomic mass is 32.1. The topological polar surface area (TPSA) is 12.9 Å². The molecule has 1 aromatic heterocycles. The van der Waals surface area contributed by atoms with Crippen LogP contribution >= 0.6 is 24.8 Å². The van der Waals surface area contributed by atoms with E-state index in [-0.39, 0.29) is 28.3 Å². The summed E-state index contributed by atoms with van der Waals surface area (Å²) in [5.74, 6) is 0.593. The molecule has 82 valence electrons. The Kier molecular flexibility index (Phi) is 25.8. The maximum atomic E-state index is 4.13. The fraction of sp³-hybridized carbons (Fsp3) is 0.700. The normalized spacial score (nSPS) is 6.85. The van der Waals surface area contributed by atoms with Gasteiger partial charge in [0.05, 0.1) is 5.01 Å². The first-order valence-electron chi connectivity index (χ1n) is 3.70. The molecule has 1 aromatic rings. The summed E-state index contributed by atoms with van der Waals surface area (Å²) in [6, 6.07) is 0. The number of hydrogen-bond donors (Lipinski definition) is 0. The molecule has 0 aliphatic rings.